The van der Waals surface area contributed by atoms with E-state index in [4.69, 9.17) is 16.6 Å². The van der Waals surface area contributed by atoms with E-state index < -0.39 is 0 Å². The number of amides is 1. The van der Waals surface area contributed by atoms with Gasteiger partial charge in [0.1, 0.15) is 5.65 Å². The van der Waals surface area contributed by atoms with Crippen molar-refractivity contribution in [2.45, 2.75) is 27.2 Å². The highest BCUT2D eigenvalue weighted by atomic mass is 35.5. The van der Waals surface area contributed by atoms with Gasteiger partial charge in [-0.25, -0.2) is 4.98 Å². The molecule has 2 aromatic heterocycles. The summed E-state index contributed by atoms with van der Waals surface area (Å²) in [6.07, 6.45) is 2.17. The summed E-state index contributed by atoms with van der Waals surface area (Å²) < 4.78 is 2.01. The maximum atomic E-state index is 12.8. The third-order valence-electron chi connectivity index (χ3n) is 5.16. The highest BCUT2D eigenvalue weighted by Crippen LogP contribution is 2.28. The molecule has 1 amide bonds. The van der Waals surface area contributed by atoms with Crippen LogP contribution in [0.15, 0.2) is 60.8 Å². The largest absolute Gasteiger partial charge is 0.326 e. The van der Waals surface area contributed by atoms with Crippen LogP contribution in [0.2, 0.25) is 5.02 Å². The van der Waals surface area contributed by atoms with Crippen LogP contribution in [0.3, 0.4) is 0 Å². The van der Waals surface area contributed by atoms with Gasteiger partial charge in [0.2, 0.25) is 5.91 Å². The zero-order chi connectivity index (χ0) is 20.5. The Balaban J connectivity index is 1.76. The molecule has 1 N–H and O–H groups in total. The molecule has 0 saturated heterocycles. The molecule has 0 atom stereocenters. The van der Waals surface area contributed by atoms with Crippen molar-refractivity contribution in [1.29, 1.82) is 0 Å². The van der Waals surface area contributed by atoms with E-state index in [1.807, 2.05) is 41.8 Å². The standard InChI is InChI=1S/C24H22ClN3O/c1-15-9-10-18(12-17(15)3)23-21(28-11-5-6-16(2)24(28)27-23)14-22(29)26-20-8-4-7-19(25)13-20/h4-13H,14H2,1-3H3,(H,26,29). The molecular formula is C24H22ClN3O. The molecule has 2 aromatic carbocycles. The van der Waals surface area contributed by atoms with Gasteiger partial charge in [-0.3, -0.25) is 4.79 Å². The first-order valence-electron chi connectivity index (χ1n) is 9.52. The van der Waals surface area contributed by atoms with Gasteiger partial charge in [0, 0.05) is 22.5 Å². The number of benzene rings is 2. The first-order valence-corrected chi connectivity index (χ1v) is 9.90. The Hall–Kier alpha value is -3.11. The van der Waals surface area contributed by atoms with Crippen LogP contribution in [0.4, 0.5) is 5.69 Å². The molecule has 0 fully saturated rings. The molecule has 4 aromatic rings. The van der Waals surface area contributed by atoms with Crippen molar-refractivity contribution in [2.24, 2.45) is 0 Å². The van der Waals surface area contributed by atoms with Crippen molar-refractivity contribution in [1.82, 2.24) is 9.38 Å². The summed E-state index contributed by atoms with van der Waals surface area (Å²) in [5, 5.41) is 3.52. The van der Waals surface area contributed by atoms with Crippen molar-refractivity contribution < 1.29 is 4.79 Å². The topological polar surface area (TPSA) is 46.4 Å². The van der Waals surface area contributed by atoms with Crippen molar-refractivity contribution in [3.05, 3.63) is 88.2 Å². The van der Waals surface area contributed by atoms with Crippen LogP contribution < -0.4 is 5.32 Å². The van der Waals surface area contributed by atoms with Crippen molar-refractivity contribution in [2.75, 3.05) is 5.32 Å². The number of pyridine rings is 1. The number of rotatable bonds is 4. The molecule has 146 valence electrons. The predicted octanol–water partition coefficient (Wildman–Crippen LogP) is 5.76. The van der Waals surface area contributed by atoms with E-state index in [0.717, 1.165) is 28.2 Å². The lowest BCUT2D eigenvalue weighted by atomic mass is 10.0. The number of aryl methyl sites for hydroxylation is 3. The van der Waals surface area contributed by atoms with E-state index in [0.29, 0.717) is 10.7 Å². The molecule has 0 radical (unpaired) electrons. The van der Waals surface area contributed by atoms with Crippen LogP contribution in [-0.2, 0) is 11.2 Å². The zero-order valence-electron chi connectivity index (χ0n) is 16.7. The van der Waals surface area contributed by atoms with Gasteiger partial charge in [0.15, 0.2) is 0 Å². The lowest BCUT2D eigenvalue weighted by molar-refractivity contribution is -0.115. The number of fused-ring (bicyclic) bond motifs is 1. The second-order valence-corrected chi connectivity index (χ2v) is 7.76. The molecular weight excluding hydrogens is 382 g/mol. The van der Waals surface area contributed by atoms with Crippen LogP contribution in [0.25, 0.3) is 16.9 Å². The minimum Gasteiger partial charge on any atom is -0.326 e. The fraction of sp³-hybridized carbons (Fsp3) is 0.167. The van der Waals surface area contributed by atoms with Gasteiger partial charge in [0.05, 0.1) is 17.8 Å². The molecule has 0 spiro atoms. The molecule has 0 aliphatic carbocycles. The van der Waals surface area contributed by atoms with Gasteiger partial charge in [0.25, 0.3) is 0 Å². The maximum Gasteiger partial charge on any atom is 0.230 e. The minimum absolute atomic E-state index is 0.111. The lowest BCUT2D eigenvalue weighted by Gasteiger charge is -2.09. The summed E-state index contributed by atoms with van der Waals surface area (Å²) in [5.41, 5.74) is 7.77. The first-order chi connectivity index (χ1) is 13.9. The number of hydrogen-bond acceptors (Lipinski definition) is 2. The molecule has 0 aliphatic rings. The fourth-order valence-electron chi connectivity index (χ4n) is 3.47. The van der Waals surface area contributed by atoms with Crippen molar-refractivity contribution in [3.8, 4) is 11.3 Å². The fourth-order valence-corrected chi connectivity index (χ4v) is 3.66. The first kappa shape index (κ1) is 19.2. The average molecular weight is 404 g/mol. The average Bonchev–Trinajstić information content (AvgIpc) is 3.04. The van der Waals surface area contributed by atoms with E-state index >= 15 is 0 Å². The zero-order valence-corrected chi connectivity index (χ0v) is 17.4. The van der Waals surface area contributed by atoms with E-state index in [1.54, 1.807) is 12.1 Å². The summed E-state index contributed by atoms with van der Waals surface area (Å²) in [7, 11) is 0. The number of anilines is 1. The molecule has 29 heavy (non-hydrogen) atoms. The van der Waals surface area contributed by atoms with Crippen LogP contribution in [-0.4, -0.2) is 15.3 Å². The lowest BCUT2D eigenvalue weighted by Crippen LogP contribution is -2.16. The molecule has 0 bridgehead atoms. The van der Waals surface area contributed by atoms with Gasteiger partial charge in [-0.15, -0.1) is 0 Å². The van der Waals surface area contributed by atoms with Gasteiger partial charge in [-0.1, -0.05) is 35.9 Å². The Morgan fingerprint density at radius 2 is 1.83 bits per heavy atom. The van der Waals surface area contributed by atoms with E-state index in [1.165, 1.54) is 11.1 Å². The molecule has 2 heterocycles. The highest BCUT2D eigenvalue weighted by Gasteiger charge is 2.18. The van der Waals surface area contributed by atoms with E-state index in [9.17, 15) is 4.79 Å². The normalized spacial score (nSPS) is 11.0. The van der Waals surface area contributed by atoms with Crippen molar-refractivity contribution in [3.63, 3.8) is 0 Å². The number of nitrogens with one attached hydrogen (secondary N) is 1. The predicted molar refractivity (Wildman–Crippen MR) is 119 cm³/mol. The summed E-state index contributed by atoms with van der Waals surface area (Å²) >= 11 is 6.03. The highest BCUT2D eigenvalue weighted by molar-refractivity contribution is 6.30. The van der Waals surface area contributed by atoms with Gasteiger partial charge >= 0.3 is 0 Å². The number of halogens is 1. The van der Waals surface area contributed by atoms with E-state index in [-0.39, 0.29) is 12.3 Å². The second kappa shape index (κ2) is 7.72. The summed E-state index contributed by atoms with van der Waals surface area (Å²) in [6.45, 7) is 6.21. The summed E-state index contributed by atoms with van der Waals surface area (Å²) in [5.74, 6) is -0.111. The van der Waals surface area contributed by atoms with Crippen LogP contribution >= 0.6 is 11.6 Å². The number of hydrogen-bond donors (Lipinski definition) is 1. The van der Waals surface area contributed by atoms with Gasteiger partial charge < -0.3 is 9.72 Å². The molecule has 5 heteroatoms. The maximum absolute atomic E-state index is 12.8. The van der Waals surface area contributed by atoms with Crippen LogP contribution in [0.1, 0.15) is 22.4 Å². The van der Waals surface area contributed by atoms with Gasteiger partial charge in [-0.05, 0) is 67.8 Å². The smallest absolute Gasteiger partial charge is 0.230 e. The quantitative estimate of drug-likeness (QED) is 0.470. The molecule has 0 saturated carbocycles. The molecule has 4 nitrogen and oxygen atoms in total. The Labute approximate surface area is 175 Å². The number of nitrogens with zero attached hydrogens (tertiary/aromatic N) is 2. The van der Waals surface area contributed by atoms with E-state index in [2.05, 4.69) is 37.4 Å². The minimum atomic E-state index is -0.111. The Morgan fingerprint density at radius 1 is 1.00 bits per heavy atom. The van der Waals surface area contributed by atoms with Crippen LogP contribution in [0.5, 0.6) is 0 Å². The number of imidazole rings is 1. The Bertz CT molecular complexity index is 1230. The number of aromatic nitrogens is 2. The summed E-state index contributed by atoms with van der Waals surface area (Å²) in [6, 6.07) is 17.5. The Kier molecular flexibility index (Phi) is 5.12. The second-order valence-electron chi connectivity index (χ2n) is 7.33. The monoisotopic (exact) mass is 403 g/mol. The molecule has 0 aliphatic heterocycles. The third kappa shape index (κ3) is 3.89. The molecule has 4 rings (SSSR count). The number of carbonyl (C=O) groups excluding carboxylic acids is 1. The third-order valence-corrected chi connectivity index (χ3v) is 5.40. The summed E-state index contributed by atoms with van der Waals surface area (Å²) in [4.78, 5) is 17.7. The number of carbonyl (C=O) groups is 1. The SMILES string of the molecule is Cc1ccc(-c2nc3c(C)cccn3c2CC(=O)Nc2cccc(Cl)c2)cc1C. The van der Waals surface area contributed by atoms with Crippen molar-refractivity contribution >= 4 is 28.8 Å². The Morgan fingerprint density at radius 3 is 2.59 bits per heavy atom. The molecule has 0 unspecified atom stereocenters. The van der Waals surface area contributed by atoms with Gasteiger partial charge in [-0.2, -0.15) is 0 Å². The van der Waals surface area contributed by atoms with Crippen LogP contribution in [0, 0.1) is 20.8 Å².